The normalized spacial score (nSPS) is 13.0. The summed E-state index contributed by atoms with van der Waals surface area (Å²) in [5.41, 5.74) is 2.70. The van der Waals surface area contributed by atoms with E-state index in [4.69, 9.17) is 4.74 Å². The summed E-state index contributed by atoms with van der Waals surface area (Å²) in [5, 5.41) is 9.38. The minimum Gasteiger partial charge on any atom is -0.478 e. The van der Waals surface area contributed by atoms with Crippen LogP contribution in [-0.2, 0) is 17.6 Å². The predicted molar refractivity (Wildman–Crippen MR) is 99.8 cm³/mol. The fraction of sp³-hybridized carbons (Fsp3) is 0.667. The molecule has 3 nitrogen and oxygen atoms in total. The number of carboxylic acid groups (broad SMARTS) is 1. The maximum Gasteiger partial charge on any atom is 0.347 e. The van der Waals surface area contributed by atoms with Gasteiger partial charge in [-0.15, -0.1) is 0 Å². The largest absolute Gasteiger partial charge is 0.478 e. The molecule has 0 aliphatic carbocycles. The highest BCUT2D eigenvalue weighted by molar-refractivity contribution is 5.76. The topological polar surface area (TPSA) is 46.5 Å². The van der Waals surface area contributed by atoms with Crippen molar-refractivity contribution >= 4 is 5.97 Å². The Hall–Kier alpha value is -1.51. The summed E-state index contributed by atoms with van der Waals surface area (Å²) in [6.07, 6.45) is 1.83. The van der Waals surface area contributed by atoms with Gasteiger partial charge in [0.25, 0.3) is 0 Å². The van der Waals surface area contributed by atoms with Gasteiger partial charge in [-0.1, -0.05) is 47.6 Å². The lowest BCUT2D eigenvalue weighted by Gasteiger charge is -2.29. The minimum absolute atomic E-state index is 0.0938. The summed E-state index contributed by atoms with van der Waals surface area (Å²) in [4.78, 5) is 11.4. The monoisotopic (exact) mass is 334 g/mol. The summed E-state index contributed by atoms with van der Waals surface area (Å²) in [5.74, 6) is -0.270. The third-order valence-corrected chi connectivity index (χ3v) is 3.98. The van der Waals surface area contributed by atoms with E-state index in [1.165, 1.54) is 11.1 Å². The second-order valence-electron chi connectivity index (χ2n) is 9.72. The van der Waals surface area contributed by atoms with Crippen LogP contribution in [0, 0.1) is 17.8 Å². The molecule has 0 saturated heterocycles. The molecule has 0 atom stereocenters. The fourth-order valence-electron chi connectivity index (χ4n) is 2.71. The summed E-state index contributed by atoms with van der Waals surface area (Å²) in [6.45, 7) is 18.6. The Bertz CT molecular complexity index is 599. The molecule has 0 aliphatic rings. The second kappa shape index (κ2) is 6.78. The van der Waals surface area contributed by atoms with Crippen LogP contribution in [-0.4, -0.2) is 16.7 Å². The average Bonchev–Trinajstić information content (AvgIpc) is 2.34. The Morgan fingerprint density at radius 2 is 1.46 bits per heavy atom. The number of hydrogen-bond acceptors (Lipinski definition) is 2. The van der Waals surface area contributed by atoms with Crippen LogP contribution >= 0.6 is 0 Å². The molecule has 0 amide bonds. The van der Waals surface area contributed by atoms with Crippen LogP contribution in [0.1, 0.15) is 72.1 Å². The maximum absolute atomic E-state index is 11.4. The molecule has 0 saturated carbocycles. The van der Waals surface area contributed by atoms with Gasteiger partial charge < -0.3 is 9.84 Å². The van der Waals surface area contributed by atoms with E-state index in [1.54, 1.807) is 13.8 Å². The molecule has 0 fully saturated rings. The van der Waals surface area contributed by atoms with Gasteiger partial charge in [0.05, 0.1) is 0 Å². The van der Waals surface area contributed by atoms with Crippen molar-refractivity contribution in [3.8, 4) is 5.75 Å². The standard InChI is InChI=1S/C21H34O3/c1-14-15(12-19(2,3)4)10-11-17(16(14)13-20(5,6)7)24-21(8,9)18(22)23/h10-11H,12-13H2,1-9H3,(H,22,23). The molecule has 0 bridgehead atoms. The van der Waals surface area contributed by atoms with Crippen molar-refractivity contribution < 1.29 is 14.6 Å². The molecule has 3 heteroatoms. The molecular formula is C21H34O3. The minimum atomic E-state index is -1.25. The van der Waals surface area contributed by atoms with Crippen molar-refractivity contribution in [1.82, 2.24) is 0 Å². The number of carboxylic acids is 1. The van der Waals surface area contributed by atoms with Crippen LogP contribution in [0.2, 0.25) is 0 Å². The van der Waals surface area contributed by atoms with E-state index in [-0.39, 0.29) is 10.8 Å². The van der Waals surface area contributed by atoms with Crippen LogP contribution in [0.15, 0.2) is 12.1 Å². The third-order valence-electron chi connectivity index (χ3n) is 3.98. The van der Waals surface area contributed by atoms with Gasteiger partial charge >= 0.3 is 5.97 Å². The number of ether oxygens (including phenoxy) is 1. The van der Waals surface area contributed by atoms with Crippen molar-refractivity contribution in [2.75, 3.05) is 0 Å². The molecule has 0 radical (unpaired) electrons. The summed E-state index contributed by atoms with van der Waals surface area (Å²) in [7, 11) is 0. The van der Waals surface area contributed by atoms with Gasteiger partial charge in [-0.25, -0.2) is 4.79 Å². The number of hydrogen-bond donors (Lipinski definition) is 1. The summed E-state index contributed by atoms with van der Waals surface area (Å²) >= 11 is 0. The molecule has 136 valence electrons. The van der Waals surface area contributed by atoms with Gasteiger partial charge in [0.1, 0.15) is 5.75 Å². The molecule has 1 N–H and O–H groups in total. The zero-order chi connectivity index (χ0) is 18.9. The van der Waals surface area contributed by atoms with Crippen molar-refractivity contribution in [1.29, 1.82) is 0 Å². The molecule has 0 unspecified atom stereocenters. The van der Waals surface area contributed by atoms with Gasteiger partial charge in [0, 0.05) is 0 Å². The Morgan fingerprint density at radius 3 is 1.88 bits per heavy atom. The number of benzene rings is 1. The third kappa shape index (κ3) is 5.85. The highest BCUT2D eigenvalue weighted by atomic mass is 16.5. The molecular weight excluding hydrogens is 300 g/mol. The van der Waals surface area contributed by atoms with Crippen LogP contribution < -0.4 is 4.74 Å². The van der Waals surface area contributed by atoms with E-state index in [1.807, 2.05) is 6.07 Å². The van der Waals surface area contributed by atoms with E-state index in [0.717, 1.165) is 18.4 Å². The van der Waals surface area contributed by atoms with Crippen LogP contribution in [0.25, 0.3) is 0 Å². The first-order valence-corrected chi connectivity index (χ1v) is 8.66. The molecule has 0 aromatic heterocycles. The number of carbonyl (C=O) groups is 1. The highest BCUT2D eigenvalue weighted by Crippen LogP contribution is 2.35. The predicted octanol–water partition coefficient (Wildman–Crippen LogP) is 5.41. The zero-order valence-corrected chi connectivity index (χ0v) is 16.8. The lowest BCUT2D eigenvalue weighted by Crippen LogP contribution is -2.38. The molecule has 0 spiro atoms. The smallest absolute Gasteiger partial charge is 0.347 e. The Kier molecular flexibility index (Phi) is 5.80. The summed E-state index contributed by atoms with van der Waals surface area (Å²) in [6, 6.07) is 4.03. The fourth-order valence-corrected chi connectivity index (χ4v) is 2.71. The summed E-state index contributed by atoms with van der Waals surface area (Å²) < 4.78 is 5.91. The van der Waals surface area contributed by atoms with Crippen molar-refractivity contribution in [2.45, 2.75) is 80.8 Å². The van der Waals surface area contributed by atoms with Crippen LogP contribution in [0.4, 0.5) is 0 Å². The maximum atomic E-state index is 11.4. The van der Waals surface area contributed by atoms with Gasteiger partial charge in [-0.2, -0.15) is 0 Å². The van der Waals surface area contributed by atoms with Crippen molar-refractivity contribution in [2.24, 2.45) is 10.8 Å². The van der Waals surface area contributed by atoms with E-state index in [2.05, 4.69) is 54.5 Å². The molecule has 0 aliphatic heterocycles. The average molecular weight is 335 g/mol. The van der Waals surface area contributed by atoms with Gasteiger partial charge in [-0.05, 0) is 67.2 Å². The molecule has 1 aromatic rings. The van der Waals surface area contributed by atoms with E-state index in [0.29, 0.717) is 5.75 Å². The van der Waals surface area contributed by atoms with E-state index in [9.17, 15) is 9.90 Å². The van der Waals surface area contributed by atoms with Crippen molar-refractivity contribution in [3.63, 3.8) is 0 Å². The first-order valence-electron chi connectivity index (χ1n) is 8.66. The second-order valence-corrected chi connectivity index (χ2v) is 9.72. The Labute approximate surface area is 147 Å². The SMILES string of the molecule is Cc1c(CC(C)(C)C)ccc(OC(C)(C)C(=O)O)c1CC(C)(C)C. The van der Waals surface area contributed by atoms with Gasteiger partial charge in [0.2, 0.25) is 0 Å². The molecule has 1 aromatic carbocycles. The molecule has 1 rings (SSSR count). The van der Waals surface area contributed by atoms with E-state index < -0.39 is 11.6 Å². The Balaban J connectivity index is 3.38. The van der Waals surface area contributed by atoms with Crippen LogP contribution in [0.5, 0.6) is 5.75 Å². The van der Waals surface area contributed by atoms with Gasteiger partial charge in [0.15, 0.2) is 5.60 Å². The quantitative estimate of drug-likeness (QED) is 0.782. The Morgan fingerprint density at radius 1 is 0.958 bits per heavy atom. The number of aliphatic carboxylic acids is 1. The first-order chi connectivity index (χ1) is 10.6. The van der Waals surface area contributed by atoms with E-state index >= 15 is 0 Å². The van der Waals surface area contributed by atoms with Crippen LogP contribution in [0.3, 0.4) is 0 Å². The molecule has 0 heterocycles. The lowest BCUT2D eigenvalue weighted by molar-refractivity contribution is -0.152. The molecule has 24 heavy (non-hydrogen) atoms. The first kappa shape index (κ1) is 20.5. The lowest BCUT2D eigenvalue weighted by atomic mass is 9.81. The number of rotatable bonds is 5. The van der Waals surface area contributed by atoms with Crippen molar-refractivity contribution in [3.05, 3.63) is 28.8 Å². The zero-order valence-electron chi connectivity index (χ0n) is 16.8. The highest BCUT2D eigenvalue weighted by Gasteiger charge is 2.31. The van der Waals surface area contributed by atoms with Gasteiger partial charge in [-0.3, -0.25) is 0 Å².